The number of rotatable bonds is 4. The predicted octanol–water partition coefficient (Wildman–Crippen LogP) is -2.21. The molecular formula is C3H8O8S2. The lowest BCUT2D eigenvalue weighted by atomic mass is 10.5. The van der Waals surface area contributed by atoms with E-state index < -0.39 is 37.5 Å². The second-order valence-electron chi connectivity index (χ2n) is 2.17. The first-order chi connectivity index (χ1) is 5.55. The zero-order chi connectivity index (χ0) is 10.9. The summed E-state index contributed by atoms with van der Waals surface area (Å²) in [7, 11) is -9.68. The highest BCUT2D eigenvalue weighted by atomic mass is 32.2. The van der Waals surface area contributed by atoms with Crippen LogP contribution in [0.4, 0.5) is 0 Å². The van der Waals surface area contributed by atoms with Crippen LogP contribution in [0.3, 0.4) is 0 Å². The lowest BCUT2D eigenvalue weighted by Crippen LogP contribution is -2.30. The quantitative estimate of drug-likeness (QED) is 0.401. The largest absolute Gasteiger partial charge is 0.375 e. The molecule has 0 fully saturated rings. The van der Waals surface area contributed by atoms with Crippen molar-refractivity contribution in [1.29, 1.82) is 0 Å². The van der Waals surface area contributed by atoms with Crippen LogP contribution in [-0.2, 0) is 20.2 Å². The zero-order valence-corrected chi connectivity index (χ0v) is 7.73. The van der Waals surface area contributed by atoms with E-state index in [9.17, 15) is 16.8 Å². The van der Waals surface area contributed by atoms with E-state index in [1.54, 1.807) is 0 Å². The molecule has 0 heterocycles. The maximum atomic E-state index is 10.1. The van der Waals surface area contributed by atoms with Crippen LogP contribution in [0.15, 0.2) is 0 Å². The summed E-state index contributed by atoms with van der Waals surface area (Å²) in [6.45, 7) is 0. The molecule has 0 saturated carbocycles. The van der Waals surface area contributed by atoms with Crippen molar-refractivity contribution in [3.8, 4) is 0 Å². The Kier molecular flexibility index (Phi) is 3.78. The number of hydrogen-bond donors (Lipinski definition) is 4. The molecule has 0 saturated heterocycles. The minimum Gasteiger partial charge on any atom is -0.375 e. The summed E-state index contributed by atoms with van der Waals surface area (Å²) in [5.41, 5.74) is -4.91. The second kappa shape index (κ2) is 3.86. The molecule has 0 unspecified atom stereocenters. The maximum Gasteiger partial charge on any atom is 0.292 e. The van der Waals surface area contributed by atoms with Crippen LogP contribution in [0.2, 0.25) is 0 Å². The monoisotopic (exact) mass is 236 g/mol. The fourth-order valence-electron chi connectivity index (χ4n) is 0.416. The molecule has 13 heavy (non-hydrogen) atoms. The molecular weight excluding hydrogens is 228 g/mol. The number of hydrogen-bond acceptors (Lipinski definition) is 6. The minimum atomic E-state index is -4.84. The van der Waals surface area contributed by atoms with E-state index in [-0.39, 0.29) is 0 Å². The molecule has 8 nitrogen and oxygen atoms in total. The van der Waals surface area contributed by atoms with Crippen molar-refractivity contribution in [3.05, 3.63) is 0 Å². The smallest absolute Gasteiger partial charge is 0.292 e. The van der Waals surface area contributed by atoms with Crippen LogP contribution in [0.25, 0.3) is 0 Å². The summed E-state index contributed by atoms with van der Waals surface area (Å²) in [5.74, 6) is 0. The van der Waals surface area contributed by atoms with Crippen molar-refractivity contribution in [1.82, 2.24) is 0 Å². The average Bonchev–Trinajstić information content (AvgIpc) is 1.82. The molecule has 2 atom stereocenters. The highest BCUT2D eigenvalue weighted by Gasteiger charge is 2.29. The minimum absolute atomic E-state index is 1.22. The third kappa shape index (κ3) is 4.50. The van der Waals surface area contributed by atoms with E-state index in [1.165, 1.54) is 0 Å². The van der Waals surface area contributed by atoms with Gasteiger partial charge in [0.2, 0.25) is 0 Å². The van der Waals surface area contributed by atoms with Crippen molar-refractivity contribution in [3.63, 3.8) is 0 Å². The van der Waals surface area contributed by atoms with Gasteiger partial charge in [0.15, 0.2) is 10.9 Å². The Morgan fingerprint density at radius 1 is 0.846 bits per heavy atom. The number of aliphatic hydroxyl groups excluding tert-OH is 2. The van der Waals surface area contributed by atoms with Gasteiger partial charge in [0.25, 0.3) is 20.2 Å². The molecule has 0 aliphatic carbocycles. The van der Waals surface area contributed by atoms with Crippen LogP contribution < -0.4 is 0 Å². The SMILES string of the molecule is O=S(=O)(O)[C@@H](O)C[C@H](O)S(=O)(=O)O. The second-order valence-corrected chi connectivity index (χ2v) is 5.32. The Hall–Kier alpha value is -0.260. The van der Waals surface area contributed by atoms with Gasteiger partial charge in [-0.1, -0.05) is 0 Å². The molecule has 0 aromatic carbocycles. The fraction of sp³-hybridized carbons (Fsp3) is 1.00. The molecule has 0 amide bonds. The summed E-state index contributed by atoms with van der Waals surface area (Å²) in [4.78, 5) is 0. The van der Waals surface area contributed by atoms with E-state index in [0.717, 1.165) is 0 Å². The average molecular weight is 236 g/mol. The zero-order valence-electron chi connectivity index (χ0n) is 6.10. The Morgan fingerprint density at radius 3 is 1.23 bits per heavy atom. The van der Waals surface area contributed by atoms with E-state index in [4.69, 9.17) is 19.3 Å². The fourth-order valence-corrected chi connectivity index (χ4v) is 1.39. The Labute approximate surface area is 74.3 Å². The van der Waals surface area contributed by atoms with Crippen LogP contribution >= 0.6 is 0 Å². The number of aliphatic hydroxyl groups is 2. The van der Waals surface area contributed by atoms with Crippen molar-refractivity contribution in [2.45, 2.75) is 17.3 Å². The molecule has 10 heteroatoms. The Balaban J connectivity index is 4.50. The van der Waals surface area contributed by atoms with Crippen LogP contribution in [0.1, 0.15) is 6.42 Å². The summed E-state index contributed by atoms with van der Waals surface area (Å²) < 4.78 is 56.7. The first-order valence-corrected chi connectivity index (χ1v) is 5.84. The van der Waals surface area contributed by atoms with Gasteiger partial charge in [-0.15, -0.1) is 0 Å². The molecule has 0 aliphatic rings. The molecule has 0 aromatic heterocycles. The van der Waals surface area contributed by atoms with Crippen LogP contribution in [0.5, 0.6) is 0 Å². The molecule has 80 valence electrons. The first-order valence-electron chi connectivity index (χ1n) is 2.84. The van der Waals surface area contributed by atoms with Gasteiger partial charge >= 0.3 is 0 Å². The highest BCUT2D eigenvalue weighted by molar-refractivity contribution is 7.87. The van der Waals surface area contributed by atoms with Crippen LogP contribution in [0, 0.1) is 0 Å². The molecule has 0 rings (SSSR count). The molecule has 0 aliphatic heterocycles. The van der Waals surface area contributed by atoms with Gasteiger partial charge in [-0.25, -0.2) is 0 Å². The van der Waals surface area contributed by atoms with E-state index >= 15 is 0 Å². The lowest BCUT2D eigenvalue weighted by molar-refractivity contribution is 0.152. The standard InChI is InChI=1S/C3H8O8S2/c4-2(12(6,7)8)1-3(5)13(9,10)11/h2-5H,1H2,(H,6,7,8)(H,9,10,11)/t2-,3-/m1/s1. The van der Waals surface area contributed by atoms with Crippen molar-refractivity contribution >= 4 is 20.2 Å². The highest BCUT2D eigenvalue weighted by Crippen LogP contribution is 2.08. The van der Waals surface area contributed by atoms with Gasteiger partial charge in [-0.05, 0) is 0 Å². The Bertz CT molecular complexity index is 315. The molecule has 0 bridgehead atoms. The Morgan fingerprint density at radius 2 is 1.08 bits per heavy atom. The molecule has 4 N–H and O–H groups in total. The summed E-state index contributed by atoms with van der Waals surface area (Å²) in [6.07, 6.45) is -1.22. The van der Waals surface area contributed by atoms with E-state index in [1.807, 2.05) is 0 Å². The van der Waals surface area contributed by atoms with Crippen molar-refractivity contribution in [2.24, 2.45) is 0 Å². The molecule has 0 spiro atoms. The maximum absolute atomic E-state index is 10.1. The van der Waals surface area contributed by atoms with Crippen molar-refractivity contribution < 1.29 is 36.2 Å². The van der Waals surface area contributed by atoms with Crippen LogP contribution in [-0.4, -0.2) is 47.0 Å². The van der Waals surface area contributed by atoms with E-state index in [0.29, 0.717) is 0 Å². The summed E-state index contributed by atoms with van der Waals surface area (Å²) in [5, 5.41) is 17.1. The van der Waals surface area contributed by atoms with Gasteiger partial charge in [0, 0.05) is 6.42 Å². The van der Waals surface area contributed by atoms with Gasteiger partial charge in [0.05, 0.1) is 0 Å². The normalized spacial score (nSPS) is 18.2. The summed E-state index contributed by atoms with van der Waals surface area (Å²) in [6, 6.07) is 0. The topological polar surface area (TPSA) is 149 Å². The molecule has 0 radical (unpaired) electrons. The third-order valence-corrected chi connectivity index (χ3v) is 2.85. The predicted molar refractivity (Wildman–Crippen MR) is 39.7 cm³/mol. The van der Waals surface area contributed by atoms with E-state index in [2.05, 4.69) is 0 Å². The third-order valence-electron chi connectivity index (χ3n) is 1.09. The molecule has 0 aromatic rings. The van der Waals surface area contributed by atoms with Crippen molar-refractivity contribution in [2.75, 3.05) is 0 Å². The van der Waals surface area contributed by atoms with Gasteiger partial charge in [-0.3, -0.25) is 9.11 Å². The summed E-state index contributed by atoms with van der Waals surface area (Å²) >= 11 is 0. The first kappa shape index (κ1) is 12.7. The van der Waals surface area contributed by atoms with Gasteiger partial charge in [0.1, 0.15) is 0 Å². The van der Waals surface area contributed by atoms with Gasteiger partial charge < -0.3 is 10.2 Å². The van der Waals surface area contributed by atoms with Gasteiger partial charge in [-0.2, -0.15) is 16.8 Å². The lowest BCUT2D eigenvalue weighted by Gasteiger charge is -2.10.